The second kappa shape index (κ2) is 6.18. The fourth-order valence-corrected chi connectivity index (χ4v) is 2.19. The van der Waals surface area contributed by atoms with Crippen molar-refractivity contribution in [3.8, 4) is 0 Å². The first-order chi connectivity index (χ1) is 7.86. The minimum atomic E-state index is 0.0460. The fourth-order valence-electron chi connectivity index (χ4n) is 2.19. The summed E-state index contributed by atoms with van der Waals surface area (Å²) in [6.45, 7) is 6.26. The average molecular weight is 227 g/mol. The fraction of sp³-hybridized carbons (Fsp3) is 0.909. The first kappa shape index (κ1) is 11.8. The number of nitrogens with one attached hydrogen (secondary N) is 2. The minimum absolute atomic E-state index is 0.0460. The molecule has 16 heavy (non-hydrogen) atoms. The van der Waals surface area contributed by atoms with Crippen LogP contribution >= 0.6 is 0 Å². The highest BCUT2D eigenvalue weighted by molar-refractivity contribution is 5.81. The zero-order valence-corrected chi connectivity index (χ0v) is 9.71. The lowest BCUT2D eigenvalue weighted by Crippen LogP contribution is -2.45. The summed E-state index contributed by atoms with van der Waals surface area (Å²) in [5.41, 5.74) is 0. The van der Waals surface area contributed by atoms with Crippen LogP contribution in [0.5, 0.6) is 0 Å². The van der Waals surface area contributed by atoms with Crippen molar-refractivity contribution in [2.24, 2.45) is 0 Å². The van der Waals surface area contributed by atoms with Crippen molar-refractivity contribution in [3.05, 3.63) is 0 Å². The lowest BCUT2D eigenvalue weighted by Gasteiger charge is -2.26. The van der Waals surface area contributed by atoms with E-state index in [9.17, 15) is 4.79 Å². The maximum atomic E-state index is 11.7. The third kappa shape index (κ3) is 3.43. The van der Waals surface area contributed by atoms with Crippen molar-refractivity contribution in [3.63, 3.8) is 0 Å². The molecule has 2 heterocycles. The first-order valence-electron chi connectivity index (χ1n) is 6.17. The molecule has 1 amide bonds. The van der Waals surface area contributed by atoms with Gasteiger partial charge in [0.2, 0.25) is 5.91 Å². The SMILES string of the molecule is O=C(NCCN1CCOCC1)[C@@H]1CCCN1. The molecule has 2 N–H and O–H groups in total. The Kier molecular flexibility index (Phi) is 4.56. The summed E-state index contributed by atoms with van der Waals surface area (Å²) >= 11 is 0. The van der Waals surface area contributed by atoms with E-state index in [1.807, 2.05) is 0 Å². The van der Waals surface area contributed by atoms with Crippen molar-refractivity contribution < 1.29 is 9.53 Å². The summed E-state index contributed by atoms with van der Waals surface area (Å²) in [7, 11) is 0. The second-order valence-electron chi connectivity index (χ2n) is 4.39. The molecule has 1 atom stereocenters. The van der Waals surface area contributed by atoms with E-state index < -0.39 is 0 Å². The molecule has 0 unspecified atom stereocenters. The molecule has 0 spiro atoms. The lowest BCUT2D eigenvalue weighted by molar-refractivity contribution is -0.122. The van der Waals surface area contributed by atoms with Crippen molar-refractivity contribution in [2.45, 2.75) is 18.9 Å². The smallest absolute Gasteiger partial charge is 0.237 e. The predicted molar refractivity (Wildman–Crippen MR) is 61.3 cm³/mol. The number of carbonyl (C=O) groups excluding carboxylic acids is 1. The molecule has 2 saturated heterocycles. The van der Waals surface area contributed by atoms with Crippen LogP contribution in [0.25, 0.3) is 0 Å². The summed E-state index contributed by atoms with van der Waals surface area (Å²) in [5.74, 6) is 0.158. The summed E-state index contributed by atoms with van der Waals surface area (Å²) in [4.78, 5) is 14.0. The summed E-state index contributed by atoms with van der Waals surface area (Å²) in [6, 6.07) is 0.0460. The van der Waals surface area contributed by atoms with Crippen LogP contribution in [0.15, 0.2) is 0 Å². The summed E-state index contributed by atoms with van der Waals surface area (Å²) in [5, 5.41) is 6.19. The molecule has 2 aliphatic rings. The molecule has 0 aromatic rings. The molecule has 5 nitrogen and oxygen atoms in total. The van der Waals surface area contributed by atoms with Crippen LogP contribution in [0, 0.1) is 0 Å². The number of hydrogen-bond acceptors (Lipinski definition) is 4. The highest BCUT2D eigenvalue weighted by atomic mass is 16.5. The van der Waals surface area contributed by atoms with Gasteiger partial charge in [-0.05, 0) is 19.4 Å². The lowest BCUT2D eigenvalue weighted by atomic mass is 10.2. The van der Waals surface area contributed by atoms with Crippen LogP contribution in [0.1, 0.15) is 12.8 Å². The van der Waals surface area contributed by atoms with Crippen molar-refractivity contribution in [1.29, 1.82) is 0 Å². The van der Waals surface area contributed by atoms with Gasteiger partial charge in [-0.3, -0.25) is 9.69 Å². The third-order valence-corrected chi connectivity index (χ3v) is 3.21. The number of nitrogens with zero attached hydrogens (tertiary/aromatic N) is 1. The Morgan fingerprint density at radius 3 is 2.94 bits per heavy atom. The normalized spacial score (nSPS) is 26.9. The standard InChI is InChI=1S/C11H21N3O2/c15-11(10-2-1-3-12-10)13-4-5-14-6-8-16-9-7-14/h10,12H,1-9H2,(H,13,15)/t10-/m0/s1. The molecule has 2 fully saturated rings. The van der Waals surface area contributed by atoms with Crippen LogP contribution in [0.2, 0.25) is 0 Å². The van der Waals surface area contributed by atoms with Gasteiger partial charge in [0.25, 0.3) is 0 Å². The van der Waals surface area contributed by atoms with Gasteiger partial charge in [0.1, 0.15) is 0 Å². The summed E-state index contributed by atoms with van der Waals surface area (Å²) in [6.07, 6.45) is 2.09. The van der Waals surface area contributed by atoms with E-state index in [1.165, 1.54) is 0 Å². The number of hydrogen-bond donors (Lipinski definition) is 2. The van der Waals surface area contributed by atoms with Crippen molar-refractivity contribution >= 4 is 5.91 Å². The Bertz CT molecular complexity index is 223. The van der Waals surface area contributed by atoms with Crippen molar-refractivity contribution in [1.82, 2.24) is 15.5 Å². The van der Waals surface area contributed by atoms with E-state index in [2.05, 4.69) is 15.5 Å². The number of carbonyl (C=O) groups is 1. The highest BCUT2D eigenvalue weighted by Crippen LogP contribution is 2.04. The molecule has 0 radical (unpaired) electrons. The van der Waals surface area contributed by atoms with Crippen LogP contribution in [0.3, 0.4) is 0 Å². The molecular weight excluding hydrogens is 206 g/mol. The van der Waals surface area contributed by atoms with Gasteiger partial charge < -0.3 is 15.4 Å². The van der Waals surface area contributed by atoms with Gasteiger partial charge in [0.15, 0.2) is 0 Å². The Labute approximate surface area is 96.5 Å². The molecule has 5 heteroatoms. The van der Waals surface area contributed by atoms with Crippen LogP contribution in [-0.2, 0) is 9.53 Å². The molecule has 0 saturated carbocycles. The molecule has 2 aliphatic heterocycles. The summed E-state index contributed by atoms with van der Waals surface area (Å²) < 4.78 is 5.27. The van der Waals surface area contributed by atoms with Crippen LogP contribution in [0.4, 0.5) is 0 Å². The van der Waals surface area contributed by atoms with Gasteiger partial charge >= 0.3 is 0 Å². The van der Waals surface area contributed by atoms with Gasteiger partial charge in [-0.1, -0.05) is 0 Å². The van der Waals surface area contributed by atoms with E-state index in [-0.39, 0.29) is 11.9 Å². The quantitative estimate of drug-likeness (QED) is 0.659. The monoisotopic (exact) mass is 227 g/mol. The van der Waals surface area contributed by atoms with Gasteiger partial charge in [0.05, 0.1) is 19.3 Å². The number of amides is 1. The van der Waals surface area contributed by atoms with E-state index in [4.69, 9.17) is 4.74 Å². The maximum absolute atomic E-state index is 11.7. The number of ether oxygens (including phenoxy) is 1. The first-order valence-corrected chi connectivity index (χ1v) is 6.17. The Hall–Kier alpha value is -0.650. The molecule has 0 aromatic heterocycles. The minimum Gasteiger partial charge on any atom is -0.379 e. The topological polar surface area (TPSA) is 53.6 Å². The number of morpholine rings is 1. The maximum Gasteiger partial charge on any atom is 0.237 e. The van der Waals surface area contributed by atoms with Gasteiger partial charge in [-0.2, -0.15) is 0 Å². The molecule has 92 valence electrons. The van der Waals surface area contributed by atoms with Crippen LogP contribution < -0.4 is 10.6 Å². The molecule has 0 bridgehead atoms. The zero-order valence-electron chi connectivity index (χ0n) is 9.71. The predicted octanol–water partition coefficient (Wildman–Crippen LogP) is -0.813. The van der Waals surface area contributed by atoms with Gasteiger partial charge in [-0.25, -0.2) is 0 Å². The van der Waals surface area contributed by atoms with Crippen molar-refractivity contribution in [2.75, 3.05) is 45.9 Å². The molecule has 0 aromatic carbocycles. The Morgan fingerprint density at radius 1 is 1.44 bits per heavy atom. The second-order valence-corrected chi connectivity index (χ2v) is 4.39. The van der Waals surface area contributed by atoms with E-state index in [0.717, 1.165) is 58.8 Å². The van der Waals surface area contributed by atoms with Gasteiger partial charge in [-0.15, -0.1) is 0 Å². The molecular formula is C11H21N3O2. The van der Waals surface area contributed by atoms with E-state index in [0.29, 0.717) is 0 Å². The Balaban J connectivity index is 1.57. The van der Waals surface area contributed by atoms with E-state index >= 15 is 0 Å². The molecule has 2 rings (SSSR count). The largest absolute Gasteiger partial charge is 0.379 e. The zero-order chi connectivity index (χ0) is 11.2. The van der Waals surface area contributed by atoms with Gasteiger partial charge in [0, 0.05) is 26.2 Å². The third-order valence-electron chi connectivity index (χ3n) is 3.21. The average Bonchev–Trinajstić information content (AvgIpc) is 2.84. The highest BCUT2D eigenvalue weighted by Gasteiger charge is 2.21. The Morgan fingerprint density at radius 2 is 2.25 bits per heavy atom. The van der Waals surface area contributed by atoms with Crippen LogP contribution in [-0.4, -0.2) is 62.8 Å². The molecule has 0 aliphatic carbocycles. The van der Waals surface area contributed by atoms with E-state index in [1.54, 1.807) is 0 Å². The number of rotatable bonds is 4.